The Balaban J connectivity index is 2.04. The third-order valence-electron chi connectivity index (χ3n) is 3.44. The molecular weight excluding hydrogens is 260 g/mol. The van der Waals surface area contributed by atoms with Crippen LogP contribution in [0.5, 0.6) is 0 Å². The van der Waals surface area contributed by atoms with Crippen molar-refractivity contribution in [3.05, 3.63) is 59.2 Å². The highest BCUT2D eigenvalue weighted by Gasteiger charge is 2.13. The first-order valence-corrected chi connectivity index (χ1v) is 7.17. The zero-order chi connectivity index (χ0) is 15.4. The lowest BCUT2D eigenvalue weighted by Gasteiger charge is -2.17. The first-order valence-electron chi connectivity index (χ1n) is 7.17. The van der Waals surface area contributed by atoms with Crippen LogP contribution in [0.25, 0.3) is 0 Å². The van der Waals surface area contributed by atoms with E-state index >= 15 is 0 Å². The summed E-state index contributed by atoms with van der Waals surface area (Å²) in [5, 5.41) is 6.21. The molecule has 3 nitrogen and oxygen atoms in total. The molecule has 0 aromatic heterocycles. The van der Waals surface area contributed by atoms with Gasteiger partial charge in [-0.05, 0) is 62.6 Å². The van der Waals surface area contributed by atoms with Crippen LogP contribution >= 0.6 is 0 Å². The fourth-order valence-corrected chi connectivity index (χ4v) is 2.16. The van der Waals surface area contributed by atoms with Crippen molar-refractivity contribution in [1.29, 1.82) is 0 Å². The predicted octanol–water partition coefficient (Wildman–Crippen LogP) is 4.05. The number of carbonyl (C=O) groups excluding carboxylic acids is 1. The number of anilines is 2. The zero-order valence-electron chi connectivity index (χ0n) is 13.0. The van der Waals surface area contributed by atoms with Crippen molar-refractivity contribution in [2.45, 2.75) is 33.7 Å². The molecule has 2 aromatic carbocycles. The van der Waals surface area contributed by atoms with Crippen LogP contribution in [0.4, 0.5) is 11.4 Å². The maximum absolute atomic E-state index is 12.3. The molecule has 1 amide bonds. The highest BCUT2D eigenvalue weighted by atomic mass is 16.2. The normalized spacial score (nSPS) is 11.8. The average molecular weight is 282 g/mol. The van der Waals surface area contributed by atoms with Gasteiger partial charge in [0.1, 0.15) is 6.04 Å². The van der Waals surface area contributed by atoms with Gasteiger partial charge < -0.3 is 10.6 Å². The number of nitrogens with one attached hydrogen (secondary N) is 2. The molecule has 0 aliphatic heterocycles. The molecule has 0 bridgehead atoms. The summed E-state index contributed by atoms with van der Waals surface area (Å²) in [7, 11) is 0. The highest BCUT2D eigenvalue weighted by Crippen LogP contribution is 2.18. The summed E-state index contributed by atoms with van der Waals surface area (Å²) in [6.07, 6.45) is 0. The van der Waals surface area contributed by atoms with Crippen molar-refractivity contribution in [3.8, 4) is 0 Å². The Morgan fingerprint density at radius 1 is 1.00 bits per heavy atom. The van der Waals surface area contributed by atoms with E-state index in [4.69, 9.17) is 0 Å². The molecule has 2 N–H and O–H groups in total. The minimum atomic E-state index is -0.300. The van der Waals surface area contributed by atoms with Gasteiger partial charge in [-0.15, -0.1) is 0 Å². The third-order valence-corrected chi connectivity index (χ3v) is 3.44. The molecule has 2 rings (SSSR count). The van der Waals surface area contributed by atoms with Gasteiger partial charge in [0.15, 0.2) is 0 Å². The first kappa shape index (κ1) is 15.1. The molecular formula is C18H22N2O. The minimum Gasteiger partial charge on any atom is -0.374 e. The van der Waals surface area contributed by atoms with E-state index in [9.17, 15) is 4.79 Å². The molecule has 0 saturated carbocycles. The van der Waals surface area contributed by atoms with Crippen molar-refractivity contribution in [3.63, 3.8) is 0 Å². The molecule has 0 aliphatic rings. The maximum atomic E-state index is 12.3. The molecule has 0 fully saturated rings. The molecule has 0 spiro atoms. The monoisotopic (exact) mass is 282 g/mol. The largest absolute Gasteiger partial charge is 0.374 e. The van der Waals surface area contributed by atoms with Crippen molar-refractivity contribution >= 4 is 17.3 Å². The highest BCUT2D eigenvalue weighted by molar-refractivity contribution is 5.96. The number of hydrogen-bond acceptors (Lipinski definition) is 2. The molecule has 21 heavy (non-hydrogen) atoms. The molecule has 1 unspecified atom stereocenters. The molecule has 0 aliphatic carbocycles. The molecule has 0 heterocycles. The van der Waals surface area contributed by atoms with E-state index in [1.54, 1.807) is 0 Å². The van der Waals surface area contributed by atoms with E-state index in [0.29, 0.717) is 0 Å². The number of carbonyl (C=O) groups is 1. The van der Waals surface area contributed by atoms with Gasteiger partial charge in [0.2, 0.25) is 5.91 Å². The van der Waals surface area contributed by atoms with Crippen LogP contribution in [0.3, 0.4) is 0 Å². The summed E-state index contributed by atoms with van der Waals surface area (Å²) < 4.78 is 0. The lowest BCUT2D eigenvalue weighted by atomic mass is 10.1. The van der Waals surface area contributed by atoms with Gasteiger partial charge in [-0.3, -0.25) is 4.79 Å². The van der Waals surface area contributed by atoms with E-state index in [-0.39, 0.29) is 11.9 Å². The van der Waals surface area contributed by atoms with Gasteiger partial charge in [0, 0.05) is 11.4 Å². The molecule has 3 heteroatoms. The summed E-state index contributed by atoms with van der Waals surface area (Å²) in [5.41, 5.74) is 5.27. The SMILES string of the molecule is Cc1cccc(NC(=O)C(C)Nc2cc(C)ccc2C)c1. The van der Waals surface area contributed by atoms with Crippen molar-refractivity contribution in [2.75, 3.05) is 10.6 Å². The Hall–Kier alpha value is -2.29. The zero-order valence-corrected chi connectivity index (χ0v) is 13.0. The van der Waals surface area contributed by atoms with E-state index in [0.717, 1.165) is 22.5 Å². The van der Waals surface area contributed by atoms with Crippen LogP contribution < -0.4 is 10.6 Å². The molecule has 2 aromatic rings. The smallest absolute Gasteiger partial charge is 0.246 e. The Morgan fingerprint density at radius 3 is 2.43 bits per heavy atom. The second-order valence-corrected chi connectivity index (χ2v) is 5.54. The number of amides is 1. The number of aryl methyl sites for hydroxylation is 3. The van der Waals surface area contributed by atoms with Gasteiger partial charge in [-0.2, -0.15) is 0 Å². The second kappa shape index (κ2) is 6.44. The molecule has 0 saturated heterocycles. The quantitative estimate of drug-likeness (QED) is 0.888. The average Bonchev–Trinajstić information content (AvgIpc) is 2.43. The van der Waals surface area contributed by atoms with Gasteiger partial charge in [0.05, 0.1) is 0 Å². The van der Waals surface area contributed by atoms with Crippen LogP contribution in [-0.4, -0.2) is 11.9 Å². The molecule has 1 atom stereocenters. The van der Waals surface area contributed by atoms with Crippen LogP contribution in [0.15, 0.2) is 42.5 Å². The third kappa shape index (κ3) is 4.09. The maximum Gasteiger partial charge on any atom is 0.246 e. The van der Waals surface area contributed by atoms with Crippen molar-refractivity contribution < 1.29 is 4.79 Å². The van der Waals surface area contributed by atoms with Crippen molar-refractivity contribution in [1.82, 2.24) is 0 Å². The van der Waals surface area contributed by atoms with Crippen LogP contribution in [0.2, 0.25) is 0 Å². The number of rotatable bonds is 4. The second-order valence-electron chi connectivity index (χ2n) is 5.54. The van der Waals surface area contributed by atoms with Gasteiger partial charge in [0.25, 0.3) is 0 Å². The lowest BCUT2D eigenvalue weighted by Crippen LogP contribution is -2.32. The van der Waals surface area contributed by atoms with Crippen LogP contribution in [0, 0.1) is 20.8 Å². The lowest BCUT2D eigenvalue weighted by molar-refractivity contribution is -0.116. The van der Waals surface area contributed by atoms with Crippen molar-refractivity contribution in [2.24, 2.45) is 0 Å². The number of benzene rings is 2. The van der Waals surface area contributed by atoms with E-state index < -0.39 is 0 Å². The van der Waals surface area contributed by atoms with Crippen LogP contribution in [0.1, 0.15) is 23.6 Å². The predicted molar refractivity (Wildman–Crippen MR) is 88.8 cm³/mol. The van der Waals surface area contributed by atoms with E-state index in [1.807, 2.05) is 52.0 Å². The Labute approximate surface area is 126 Å². The van der Waals surface area contributed by atoms with Gasteiger partial charge in [-0.25, -0.2) is 0 Å². The van der Waals surface area contributed by atoms with E-state index in [2.05, 4.69) is 28.8 Å². The fraction of sp³-hybridized carbons (Fsp3) is 0.278. The summed E-state index contributed by atoms with van der Waals surface area (Å²) in [6.45, 7) is 7.95. The van der Waals surface area contributed by atoms with E-state index in [1.165, 1.54) is 5.56 Å². The summed E-state index contributed by atoms with van der Waals surface area (Å²) in [4.78, 5) is 12.3. The minimum absolute atomic E-state index is 0.0403. The Bertz CT molecular complexity index is 649. The standard InChI is InChI=1S/C18H22N2O/c1-12-6-5-7-16(10-12)20-18(21)15(4)19-17-11-13(2)8-9-14(17)3/h5-11,15,19H,1-4H3,(H,20,21). The van der Waals surface area contributed by atoms with Crippen LogP contribution in [-0.2, 0) is 4.79 Å². The topological polar surface area (TPSA) is 41.1 Å². The van der Waals surface area contributed by atoms with Gasteiger partial charge in [-0.1, -0.05) is 24.3 Å². The summed E-state index contributed by atoms with van der Waals surface area (Å²) >= 11 is 0. The molecule has 110 valence electrons. The Kier molecular flexibility index (Phi) is 4.63. The molecule has 0 radical (unpaired) electrons. The van der Waals surface area contributed by atoms with Gasteiger partial charge >= 0.3 is 0 Å². The summed E-state index contributed by atoms with van der Waals surface area (Å²) in [6, 6.07) is 13.7. The fourth-order valence-electron chi connectivity index (χ4n) is 2.16. The summed E-state index contributed by atoms with van der Waals surface area (Å²) in [5.74, 6) is -0.0403. The number of hydrogen-bond donors (Lipinski definition) is 2. The first-order chi connectivity index (χ1) is 9.95. The Morgan fingerprint density at radius 2 is 1.71 bits per heavy atom.